The third-order valence-corrected chi connectivity index (χ3v) is 3.35. The Labute approximate surface area is 124 Å². The summed E-state index contributed by atoms with van der Waals surface area (Å²) in [6.07, 6.45) is 1.54. The number of nitrogens with one attached hydrogen (secondary N) is 1. The quantitative estimate of drug-likeness (QED) is 0.497. The van der Waals surface area contributed by atoms with Crippen molar-refractivity contribution in [3.63, 3.8) is 0 Å². The van der Waals surface area contributed by atoms with Gasteiger partial charge >= 0.3 is 0 Å². The maximum absolute atomic E-state index is 11.3. The molecule has 0 aliphatic heterocycles. The predicted octanol–water partition coefficient (Wildman–Crippen LogP) is 1.63. The summed E-state index contributed by atoms with van der Waals surface area (Å²) in [6.45, 7) is 3.69. The van der Waals surface area contributed by atoms with Crippen molar-refractivity contribution >= 4 is 5.91 Å². The summed E-state index contributed by atoms with van der Waals surface area (Å²) < 4.78 is 0. The number of nitrogens with two attached hydrogens (primary N) is 1. The summed E-state index contributed by atoms with van der Waals surface area (Å²) in [5, 5.41) is 0. The first-order valence-electron chi connectivity index (χ1n) is 6.79. The number of nitrogen functional groups attached to an aromatic ring is 1. The average Bonchev–Trinajstić information content (AvgIpc) is 2.49. The number of hydrogen-bond donors (Lipinski definition) is 2. The number of amides is 1. The smallest absolute Gasteiger partial charge is 0.266 e. The number of hydrogen-bond acceptors (Lipinski definition) is 4. The summed E-state index contributed by atoms with van der Waals surface area (Å²) in [6, 6.07) is 11.9. The van der Waals surface area contributed by atoms with Crippen molar-refractivity contribution < 1.29 is 4.79 Å². The average molecular weight is 284 g/mol. The number of aromatic nitrogens is 1. The lowest BCUT2D eigenvalue weighted by Crippen LogP contribution is -2.30. The van der Waals surface area contributed by atoms with Crippen molar-refractivity contribution in [3.05, 3.63) is 65.0 Å². The zero-order chi connectivity index (χ0) is 15.2. The SMILES string of the molecule is Cc1ccccc1CN(C)Cc1ccc(C(=O)NN)cn1. The number of hydrazine groups is 1. The first-order valence-corrected chi connectivity index (χ1v) is 6.79. The van der Waals surface area contributed by atoms with Gasteiger partial charge in [0.05, 0.1) is 11.3 Å². The fourth-order valence-corrected chi connectivity index (χ4v) is 2.15. The van der Waals surface area contributed by atoms with Gasteiger partial charge in [-0.3, -0.25) is 20.1 Å². The predicted molar refractivity (Wildman–Crippen MR) is 82.2 cm³/mol. The van der Waals surface area contributed by atoms with Crippen LogP contribution in [0.4, 0.5) is 0 Å². The van der Waals surface area contributed by atoms with Gasteiger partial charge in [-0.2, -0.15) is 0 Å². The van der Waals surface area contributed by atoms with Crippen molar-refractivity contribution in [1.29, 1.82) is 0 Å². The molecule has 0 saturated heterocycles. The van der Waals surface area contributed by atoms with Crippen LogP contribution in [-0.4, -0.2) is 22.8 Å². The number of aryl methyl sites for hydroxylation is 1. The standard InChI is InChI=1S/C16H20N4O/c1-12-5-3-4-6-14(12)10-20(2)11-15-8-7-13(9-18-15)16(21)19-17/h3-9H,10-11,17H2,1-2H3,(H,19,21). The molecule has 0 saturated carbocycles. The highest BCUT2D eigenvalue weighted by atomic mass is 16.2. The van der Waals surface area contributed by atoms with E-state index in [1.54, 1.807) is 12.3 Å². The molecule has 1 amide bonds. The third-order valence-electron chi connectivity index (χ3n) is 3.35. The summed E-state index contributed by atoms with van der Waals surface area (Å²) in [7, 11) is 2.05. The van der Waals surface area contributed by atoms with E-state index in [4.69, 9.17) is 5.84 Å². The van der Waals surface area contributed by atoms with Crippen LogP contribution < -0.4 is 11.3 Å². The highest BCUT2D eigenvalue weighted by molar-refractivity contribution is 5.93. The van der Waals surface area contributed by atoms with E-state index in [2.05, 4.69) is 47.5 Å². The molecule has 2 rings (SSSR count). The van der Waals surface area contributed by atoms with E-state index in [1.165, 1.54) is 11.1 Å². The molecule has 0 aliphatic carbocycles. The van der Waals surface area contributed by atoms with Crippen LogP contribution >= 0.6 is 0 Å². The lowest BCUT2D eigenvalue weighted by molar-refractivity contribution is 0.0953. The van der Waals surface area contributed by atoms with Crippen LogP contribution in [0.15, 0.2) is 42.6 Å². The zero-order valence-corrected chi connectivity index (χ0v) is 12.3. The van der Waals surface area contributed by atoms with Crippen LogP contribution in [0.1, 0.15) is 27.2 Å². The topological polar surface area (TPSA) is 71.2 Å². The molecule has 110 valence electrons. The molecule has 1 aromatic carbocycles. The highest BCUT2D eigenvalue weighted by Gasteiger charge is 2.07. The van der Waals surface area contributed by atoms with E-state index in [-0.39, 0.29) is 5.91 Å². The van der Waals surface area contributed by atoms with Gasteiger partial charge < -0.3 is 0 Å². The highest BCUT2D eigenvalue weighted by Crippen LogP contribution is 2.11. The number of nitrogens with zero attached hydrogens (tertiary/aromatic N) is 2. The summed E-state index contributed by atoms with van der Waals surface area (Å²) in [5.74, 6) is 4.76. The summed E-state index contributed by atoms with van der Waals surface area (Å²) in [4.78, 5) is 17.8. The molecule has 0 spiro atoms. The van der Waals surface area contributed by atoms with Crippen LogP contribution in [-0.2, 0) is 13.1 Å². The normalized spacial score (nSPS) is 10.7. The van der Waals surface area contributed by atoms with Gasteiger partial charge in [0.2, 0.25) is 0 Å². The van der Waals surface area contributed by atoms with Crippen molar-refractivity contribution in [3.8, 4) is 0 Å². The molecular weight excluding hydrogens is 264 g/mol. The maximum Gasteiger partial charge on any atom is 0.266 e. The molecule has 0 unspecified atom stereocenters. The molecule has 5 nitrogen and oxygen atoms in total. The van der Waals surface area contributed by atoms with Gasteiger partial charge in [0, 0.05) is 19.3 Å². The number of carbonyl (C=O) groups is 1. The van der Waals surface area contributed by atoms with Gasteiger partial charge in [-0.15, -0.1) is 0 Å². The maximum atomic E-state index is 11.3. The molecule has 1 heterocycles. The van der Waals surface area contributed by atoms with Crippen LogP contribution in [0.5, 0.6) is 0 Å². The second-order valence-corrected chi connectivity index (χ2v) is 5.11. The number of pyridine rings is 1. The van der Waals surface area contributed by atoms with E-state index >= 15 is 0 Å². The van der Waals surface area contributed by atoms with Gasteiger partial charge in [-0.05, 0) is 37.2 Å². The van der Waals surface area contributed by atoms with E-state index in [0.717, 1.165) is 18.8 Å². The Hall–Kier alpha value is -2.24. The minimum atomic E-state index is -0.331. The molecule has 0 fully saturated rings. The molecule has 0 radical (unpaired) electrons. The minimum Gasteiger partial charge on any atom is -0.296 e. The fourth-order valence-electron chi connectivity index (χ4n) is 2.15. The molecule has 1 aromatic heterocycles. The minimum absolute atomic E-state index is 0.331. The number of rotatable bonds is 5. The van der Waals surface area contributed by atoms with E-state index in [0.29, 0.717) is 5.56 Å². The fraction of sp³-hybridized carbons (Fsp3) is 0.250. The summed E-state index contributed by atoms with van der Waals surface area (Å²) >= 11 is 0. The van der Waals surface area contributed by atoms with E-state index < -0.39 is 0 Å². The van der Waals surface area contributed by atoms with Crippen molar-refractivity contribution in [2.45, 2.75) is 20.0 Å². The molecule has 21 heavy (non-hydrogen) atoms. The summed E-state index contributed by atoms with van der Waals surface area (Å²) in [5.41, 5.74) is 6.06. The monoisotopic (exact) mass is 284 g/mol. The molecule has 0 atom stereocenters. The molecule has 5 heteroatoms. The molecule has 0 aliphatic rings. The van der Waals surface area contributed by atoms with Crippen LogP contribution in [0, 0.1) is 6.92 Å². The van der Waals surface area contributed by atoms with Gasteiger partial charge in [0.25, 0.3) is 5.91 Å². The van der Waals surface area contributed by atoms with Crippen molar-refractivity contribution in [2.24, 2.45) is 5.84 Å². The Balaban J connectivity index is 1.98. The number of benzene rings is 1. The first kappa shape index (κ1) is 15.2. The third kappa shape index (κ3) is 4.11. The van der Waals surface area contributed by atoms with Crippen molar-refractivity contribution in [2.75, 3.05) is 7.05 Å². The molecule has 3 N–H and O–H groups in total. The van der Waals surface area contributed by atoms with Gasteiger partial charge in [0.15, 0.2) is 0 Å². The molecule has 2 aromatic rings. The second-order valence-electron chi connectivity index (χ2n) is 5.11. The Bertz CT molecular complexity index is 610. The van der Waals surface area contributed by atoms with Gasteiger partial charge in [0.1, 0.15) is 0 Å². The Morgan fingerprint density at radius 2 is 2.00 bits per heavy atom. The Morgan fingerprint density at radius 1 is 1.24 bits per heavy atom. The van der Waals surface area contributed by atoms with E-state index in [1.807, 2.05) is 12.1 Å². The largest absolute Gasteiger partial charge is 0.296 e. The van der Waals surface area contributed by atoms with Crippen LogP contribution in [0.25, 0.3) is 0 Å². The van der Waals surface area contributed by atoms with Crippen LogP contribution in [0.3, 0.4) is 0 Å². The first-order chi connectivity index (χ1) is 10.1. The zero-order valence-electron chi connectivity index (χ0n) is 12.3. The van der Waals surface area contributed by atoms with Crippen molar-refractivity contribution in [1.82, 2.24) is 15.3 Å². The molecule has 0 bridgehead atoms. The Kier molecular flexibility index (Phi) is 5.03. The lowest BCUT2D eigenvalue weighted by atomic mass is 10.1. The number of carbonyl (C=O) groups excluding carboxylic acids is 1. The van der Waals surface area contributed by atoms with Gasteiger partial charge in [-0.25, -0.2) is 5.84 Å². The molecular formula is C16H20N4O. The van der Waals surface area contributed by atoms with Crippen LogP contribution in [0.2, 0.25) is 0 Å². The second kappa shape index (κ2) is 6.97. The Morgan fingerprint density at radius 3 is 2.62 bits per heavy atom. The lowest BCUT2D eigenvalue weighted by Gasteiger charge is -2.17. The van der Waals surface area contributed by atoms with Gasteiger partial charge in [-0.1, -0.05) is 24.3 Å². The van der Waals surface area contributed by atoms with E-state index in [9.17, 15) is 4.79 Å².